The van der Waals surface area contributed by atoms with Gasteiger partial charge in [0, 0.05) is 18.3 Å². The van der Waals surface area contributed by atoms with Gasteiger partial charge in [0.15, 0.2) is 5.57 Å². The van der Waals surface area contributed by atoms with Crippen molar-refractivity contribution in [2.75, 3.05) is 19.5 Å². The van der Waals surface area contributed by atoms with Gasteiger partial charge in [0.25, 0.3) is 0 Å². The summed E-state index contributed by atoms with van der Waals surface area (Å²) in [5, 5.41) is 21.7. The van der Waals surface area contributed by atoms with Crippen molar-refractivity contribution >= 4 is 28.6 Å². The van der Waals surface area contributed by atoms with Crippen molar-refractivity contribution < 1.29 is 33.7 Å². The highest BCUT2D eigenvalue weighted by molar-refractivity contribution is 6.14. The lowest BCUT2D eigenvalue weighted by Gasteiger charge is -2.06. The van der Waals surface area contributed by atoms with E-state index in [9.17, 15) is 24.6 Å². The highest BCUT2D eigenvalue weighted by Gasteiger charge is 2.20. The first kappa shape index (κ1) is 16.9. The smallest absolute Gasteiger partial charge is 0.360 e. The maximum Gasteiger partial charge on any atom is 0.360 e. The summed E-state index contributed by atoms with van der Waals surface area (Å²) in [5.41, 5.74) is -1.52. The third-order valence-electron chi connectivity index (χ3n) is 3.00. The zero-order valence-corrected chi connectivity index (χ0v) is 12.7. The molecule has 9 heteroatoms. The average molecular weight is 335 g/mol. The van der Waals surface area contributed by atoms with E-state index in [1.165, 1.54) is 6.07 Å². The van der Waals surface area contributed by atoms with Gasteiger partial charge in [0.1, 0.15) is 22.8 Å². The molecule has 0 saturated heterocycles. The van der Waals surface area contributed by atoms with E-state index in [0.29, 0.717) is 0 Å². The first-order chi connectivity index (χ1) is 11.4. The van der Waals surface area contributed by atoms with Gasteiger partial charge < -0.3 is 29.4 Å². The maximum absolute atomic E-state index is 11.9. The number of phenolic OH excluding ortho intramolecular Hbond substituents is 2. The minimum atomic E-state index is -0.965. The Bertz CT molecular complexity index is 878. The molecule has 0 aliphatic rings. The molecule has 126 valence electrons. The van der Waals surface area contributed by atoms with Crippen molar-refractivity contribution in [1.82, 2.24) is 0 Å². The van der Waals surface area contributed by atoms with Crippen LogP contribution in [0.4, 0.5) is 5.69 Å². The highest BCUT2D eigenvalue weighted by Crippen LogP contribution is 2.30. The van der Waals surface area contributed by atoms with Crippen LogP contribution in [0.1, 0.15) is 0 Å². The van der Waals surface area contributed by atoms with Gasteiger partial charge in [-0.05, 0) is 6.07 Å². The Morgan fingerprint density at radius 2 is 1.75 bits per heavy atom. The molecule has 3 N–H and O–H groups in total. The lowest BCUT2D eigenvalue weighted by Crippen LogP contribution is -2.18. The molecular formula is C15H13NO8. The van der Waals surface area contributed by atoms with Gasteiger partial charge in [-0.25, -0.2) is 14.4 Å². The normalized spacial score (nSPS) is 10.1. The number of phenols is 2. The molecule has 2 aromatic rings. The molecule has 1 aromatic heterocycles. The number of ether oxygens (including phenoxy) is 2. The van der Waals surface area contributed by atoms with Crippen molar-refractivity contribution in [2.24, 2.45) is 0 Å². The Kier molecular flexibility index (Phi) is 4.73. The second kappa shape index (κ2) is 6.73. The van der Waals surface area contributed by atoms with Crippen LogP contribution >= 0.6 is 0 Å². The van der Waals surface area contributed by atoms with Crippen molar-refractivity contribution in [3.63, 3.8) is 0 Å². The Morgan fingerprint density at radius 3 is 2.33 bits per heavy atom. The van der Waals surface area contributed by atoms with Crippen molar-refractivity contribution in [2.45, 2.75) is 0 Å². The predicted octanol–water partition coefficient (Wildman–Crippen LogP) is 0.846. The fraction of sp³-hybridized carbons (Fsp3) is 0.133. The topological polar surface area (TPSA) is 135 Å². The van der Waals surface area contributed by atoms with Gasteiger partial charge in [0.2, 0.25) is 0 Å². The summed E-state index contributed by atoms with van der Waals surface area (Å²) in [6, 6.07) is 3.46. The van der Waals surface area contributed by atoms with E-state index in [1.54, 1.807) is 0 Å². The number of aromatic hydroxyl groups is 2. The summed E-state index contributed by atoms with van der Waals surface area (Å²) in [5.74, 6) is -2.52. The number of carbonyl (C=O) groups excluding carboxylic acids is 2. The predicted molar refractivity (Wildman–Crippen MR) is 81.6 cm³/mol. The maximum atomic E-state index is 11.9. The molecule has 1 aromatic carbocycles. The van der Waals surface area contributed by atoms with E-state index in [1.807, 2.05) is 0 Å². The van der Waals surface area contributed by atoms with Crippen molar-refractivity contribution in [3.8, 4) is 11.5 Å². The molecule has 0 unspecified atom stereocenters. The molecule has 0 amide bonds. The summed E-state index contributed by atoms with van der Waals surface area (Å²) >= 11 is 0. The number of anilines is 1. The summed E-state index contributed by atoms with van der Waals surface area (Å²) < 4.78 is 13.8. The number of carbonyl (C=O) groups is 2. The first-order valence-corrected chi connectivity index (χ1v) is 6.50. The lowest BCUT2D eigenvalue weighted by atomic mass is 10.2. The van der Waals surface area contributed by atoms with Crippen LogP contribution in [0.3, 0.4) is 0 Å². The van der Waals surface area contributed by atoms with Crippen LogP contribution in [0.25, 0.3) is 11.0 Å². The van der Waals surface area contributed by atoms with Crippen molar-refractivity contribution in [1.29, 1.82) is 0 Å². The molecule has 24 heavy (non-hydrogen) atoms. The van der Waals surface area contributed by atoms with Crippen LogP contribution in [0.5, 0.6) is 11.5 Å². The number of methoxy groups -OCH3 is 2. The molecular weight excluding hydrogens is 322 g/mol. The minimum absolute atomic E-state index is 0.0341. The third kappa shape index (κ3) is 3.29. The van der Waals surface area contributed by atoms with Crippen LogP contribution in [0.2, 0.25) is 0 Å². The Balaban J connectivity index is 2.47. The summed E-state index contributed by atoms with van der Waals surface area (Å²) in [6.45, 7) is 0. The number of nitrogens with one attached hydrogen (secondary N) is 1. The van der Waals surface area contributed by atoms with E-state index >= 15 is 0 Å². The largest absolute Gasteiger partial charge is 0.508 e. The monoisotopic (exact) mass is 335 g/mol. The van der Waals surface area contributed by atoms with E-state index in [-0.39, 0.29) is 28.2 Å². The quantitative estimate of drug-likeness (QED) is 0.244. The summed E-state index contributed by atoms with van der Waals surface area (Å²) in [4.78, 5) is 34.9. The van der Waals surface area contributed by atoms with E-state index < -0.39 is 23.1 Å². The highest BCUT2D eigenvalue weighted by atomic mass is 16.5. The molecule has 0 fully saturated rings. The van der Waals surface area contributed by atoms with Gasteiger partial charge in [0.05, 0.1) is 19.6 Å². The average Bonchev–Trinajstić information content (AvgIpc) is 2.54. The second-order valence-corrected chi connectivity index (χ2v) is 4.51. The number of fused-ring (bicyclic) bond motifs is 1. The number of hydrogen-bond acceptors (Lipinski definition) is 9. The molecule has 0 saturated carbocycles. The van der Waals surface area contributed by atoms with Gasteiger partial charge in [-0.15, -0.1) is 0 Å². The van der Waals surface area contributed by atoms with Gasteiger partial charge in [-0.1, -0.05) is 0 Å². The number of rotatable bonds is 4. The van der Waals surface area contributed by atoms with E-state index in [0.717, 1.165) is 32.6 Å². The molecule has 0 radical (unpaired) electrons. The SMILES string of the molecule is COC(=O)C(=CNc1cc2c(O)cc(O)cc2oc1=O)C(=O)OC. The van der Waals surface area contributed by atoms with Gasteiger partial charge >= 0.3 is 17.6 Å². The Morgan fingerprint density at radius 1 is 1.12 bits per heavy atom. The van der Waals surface area contributed by atoms with Gasteiger partial charge in [-0.3, -0.25) is 0 Å². The van der Waals surface area contributed by atoms with Crippen molar-refractivity contribution in [3.05, 3.63) is 40.4 Å². The van der Waals surface area contributed by atoms with E-state index in [4.69, 9.17) is 4.42 Å². The van der Waals surface area contributed by atoms with Crippen LogP contribution < -0.4 is 10.9 Å². The molecule has 0 atom stereocenters. The Hall–Kier alpha value is -3.49. The van der Waals surface area contributed by atoms with Crippen LogP contribution in [-0.4, -0.2) is 36.4 Å². The van der Waals surface area contributed by atoms with Gasteiger partial charge in [-0.2, -0.15) is 0 Å². The van der Waals surface area contributed by atoms with E-state index in [2.05, 4.69) is 14.8 Å². The third-order valence-corrected chi connectivity index (χ3v) is 3.00. The minimum Gasteiger partial charge on any atom is -0.508 e. The molecule has 0 aliphatic heterocycles. The van der Waals surface area contributed by atoms with Crippen LogP contribution in [0, 0.1) is 0 Å². The molecule has 0 spiro atoms. The summed E-state index contributed by atoms with van der Waals surface area (Å²) in [7, 11) is 2.15. The summed E-state index contributed by atoms with van der Waals surface area (Å²) in [6.07, 6.45) is 0.924. The fourth-order valence-corrected chi connectivity index (χ4v) is 1.86. The number of benzene rings is 1. The van der Waals surface area contributed by atoms with Crippen LogP contribution in [-0.2, 0) is 19.1 Å². The number of hydrogen-bond donors (Lipinski definition) is 3. The molecule has 2 rings (SSSR count). The molecule has 0 aliphatic carbocycles. The number of esters is 2. The Labute approximate surface area is 134 Å². The molecule has 9 nitrogen and oxygen atoms in total. The first-order valence-electron chi connectivity index (χ1n) is 6.50. The zero-order valence-electron chi connectivity index (χ0n) is 12.7. The molecule has 0 bridgehead atoms. The zero-order chi connectivity index (χ0) is 17.9. The standard InChI is InChI=1S/C15H13NO8/c1-22-13(19)9(14(20)23-2)6-16-10-5-8-11(18)3-7(17)4-12(8)24-15(10)21/h3-6,16-18H,1-2H3. The van der Waals surface area contributed by atoms with Crippen LogP contribution in [0.15, 0.2) is 39.2 Å². The fourth-order valence-electron chi connectivity index (χ4n) is 1.86. The molecule has 1 heterocycles. The second-order valence-electron chi connectivity index (χ2n) is 4.51. The lowest BCUT2D eigenvalue weighted by molar-refractivity contribution is -0.144.